The van der Waals surface area contributed by atoms with Crippen molar-refractivity contribution < 1.29 is 69.6 Å². The third-order valence-corrected chi connectivity index (χ3v) is 8.20. The van der Waals surface area contributed by atoms with Gasteiger partial charge in [0, 0.05) is 58.2 Å². The quantitative estimate of drug-likeness (QED) is 0.0448. The summed E-state index contributed by atoms with van der Waals surface area (Å²) in [4.78, 5) is 30.5. The number of carbonyl (C=O) groups is 3. The van der Waals surface area contributed by atoms with Crippen molar-refractivity contribution in [3.05, 3.63) is 36.5 Å². The zero-order chi connectivity index (χ0) is 36.2. The maximum Gasteiger partial charge on any atom is 0.327 e. The monoisotopic (exact) mass is 837 g/mol. The van der Waals surface area contributed by atoms with Crippen molar-refractivity contribution in [1.82, 2.24) is 0 Å². The molecule has 0 unspecified atom stereocenters. The average Bonchev–Trinajstić information content (AvgIpc) is 3.05. The van der Waals surface area contributed by atoms with Gasteiger partial charge >= 0.3 is 17.9 Å². The van der Waals surface area contributed by atoms with E-state index in [0.29, 0.717) is 0 Å². The molecule has 0 aliphatic heterocycles. The predicted octanol–water partition coefficient (Wildman–Crippen LogP) is 13.6. The first-order chi connectivity index (χ1) is 23.3. The van der Waals surface area contributed by atoms with Gasteiger partial charge < -0.3 is 15.3 Å². The Morgan fingerprint density at radius 1 is 0.327 bits per heavy atom. The number of carboxylic acid groups (broad SMARTS) is 3. The number of carboxylic acids is 3. The van der Waals surface area contributed by atoms with Crippen molar-refractivity contribution in [2.24, 2.45) is 0 Å². The van der Waals surface area contributed by atoms with E-state index in [9.17, 15) is 14.4 Å². The average molecular weight is 836 g/mol. The number of unbranched alkanes of at least 4 members (excludes halogenated alkanes) is 27. The Morgan fingerprint density at radius 3 is 0.653 bits per heavy atom. The van der Waals surface area contributed by atoms with Gasteiger partial charge in [-0.15, -0.1) is 0 Å². The second kappa shape index (κ2) is 51.3. The number of rotatable bonds is 33. The fourth-order valence-electron chi connectivity index (χ4n) is 5.27. The summed E-state index contributed by atoms with van der Waals surface area (Å²) in [6, 6.07) is 0. The molecule has 0 bridgehead atoms. The summed E-state index contributed by atoms with van der Waals surface area (Å²) in [5.41, 5.74) is 0. The minimum absolute atomic E-state index is 0. The summed E-state index contributed by atoms with van der Waals surface area (Å²) in [7, 11) is 0. The minimum atomic E-state index is -0.837. The van der Waals surface area contributed by atoms with Crippen molar-refractivity contribution in [2.45, 2.75) is 213 Å². The van der Waals surface area contributed by atoms with Crippen LogP contribution >= 0.6 is 0 Å². The molecule has 0 rings (SSSR count). The molecule has 0 aliphatic rings. The predicted molar refractivity (Wildman–Crippen MR) is 206 cm³/mol. The van der Waals surface area contributed by atoms with Gasteiger partial charge in [0.05, 0.1) is 0 Å². The molecule has 0 aromatic heterocycles. The zero-order valence-electron chi connectivity index (χ0n) is 32.1. The molecule has 0 amide bonds. The van der Waals surface area contributed by atoms with E-state index in [1.165, 1.54) is 172 Å². The van der Waals surface area contributed by atoms with E-state index in [-0.39, 0.29) is 39.9 Å². The topological polar surface area (TPSA) is 112 Å². The van der Waals surface area contributed by atoms with E-state index >= 15 is 0 Å². The SMILES string of the molecule is CCCCCCCCCCCC=CC(=O)O.CCCCCCCCCCCC=CC(=O)O.CCCCCCCCCCCC=CC(=O)O.[Gd]. The second-order valence-corrected chi connectivity index (χ2v) is 13.1. The number of hydrogen-bond donors (Lipinski definition) is 3. The molecule has 0 radical (unpaired) electrons. The van der Waals surface area contributed by atoms with Crippen LogP contribution in [0.15, 0.2) is 36.5 Å². The van der Waals surface area contributed by atoms with Gasteiger partial charge in [0.25, 0.3) is 0 Å². The molecule has 0 fully saturated rings. The van der Waals surface area contributed by atoms with Gasteiger partial charge in [0.1, 0.15) is 0 Å². The Balaban J connectivity index is -0.000000307. The van der Waals surface area contributed by atoms with E-state index < -0.39 is 17.9 Å². The normalized spacial score (nSPS) is 10.8. The van der Waals surface area contributed by atoms with Gasteiger partial charge in [-0.1, -0.05) is 193 Å². The molecule has 0 saturated carbocycles. The van der Waals surface area contributed by atoms with Gasteiger partial charge in [0.2, 0.25) is 0 Å². The molecule has 49 heavy (non-hydrogen) atoms. The van der Waals surface area contributed by atoms with Crippen molar-refractivity contribution in [3.63, 3.8) is 0 Å². The van der Waals surface area contributed by atoms with Crippen LogP contribution in [0.25, 0.3) is 0 Å². The Labute approximate surface area is 335 Å². The largest absolute Gasteiger partial charge is 0.478 e. The minimum Gasteiger partial charge on any atom is -0.478 e. The molecule has 290 valence electrons. The fraction of sp³-hybridized carbons (Fsp3) is 0.786. The molecular formula is C42H78GdO6. The van der Waals surface area contributed by atoms with Crippen LogP contribution < -0.4 is 0 Å². The van der Waals surface area contributed by atoms with Gasteiger partial charge in [0.15, 0.2) is 0 Å². The molecule has 0 heterocycles. The summed E-state index contributed by atoms with van der Waals surface area (Å²) < 4.78 is 0. The Bertz CT molecular complexity index is 662. The van der Waals surface area contributed by atoms with Crippen molar-refractivity contribution in [2.75, 3.05) is 0 Å². The summed E-state index contributed by atoms with van der Waals surface area (Å²) in [5.74, 6) is -2.51. The Kier molecular flexibility index (Phi) is 57.3. The zero-order valence-corrected chi connectivity index (χ0v) is 34.4. The van der Waals surface area contributed by atoms with Crippen molar-refractivity contribution in [3.8, 4) is 0 Å². The van der Waals surface area contributed by atoms with Gasteiger partial charge in [-0.25, -0.2) is 14.4 Å². The number of allylic oxidation sites excluding steroid dienone is 3. The van der Waals surface area contributed by atoms with Gasteiger partial charge in [-0.2, -0.15) is 0 Å². The van der Waals surface area contributed by atoms with Crippen LogP contribution in [-0.2, 0) is 14.4 Å². The summed E-state index contributed by atoms with van der Waals surface area (Å²) in [5, 5.41) is 25.1. The molecule has 0 atom stereocenters. The first-order valence-corrected chi connectivity index (χ1v) is 20.0. The maximum atomic E-state index is 10.2. The van der Waals surface area contributed by atoms with E-state index in [1.807, 2.05) is 0 Å². The van der Waals surface area contributed by atoms with Crippen LogP contribution in [0.5, 0.6) is 0 Å². The molecule has 0 aromatic carbocycles. The molecule has 0 aliphatic carbocycles. The standard InChI is InChI=1S/3C14H26O2.Gd/c3*1-2-3-4-5-6-7-8-9-10-11-12-13-14(15)16;/h3*12-13H,2-11H2,1H3,(H,15,16);. The molecule has 3 N–H and O–H groups in total. The first-order valence-electron chi connectivity index (χ1n) is 20.0. The maximum absolute atomic E-state index is 10.2. The number of aliphatic carboxylic acids is 3. The summed E-state index contributed by atoms with van der Waals surface area (Å²) in [6.07, 6.45) is 47.2. The molecule has 6 nitrogen and oxygen atoms in total. The first kappa shape index (κ1) is 54.7. The van der Waals surface area contributed by atoms with Crippen LogP contribution in [0, 0.1) is 39.9 Å². The molecule has 0 aromatic rings. The van der Waals surface area contributed by atoms with Crippen molar-refractivity contribution >= 4 is 17.9 Å². The molecule has 0 saturated heterocycles. The van der Waals surface area contributed by atoms with Crippen LogP contribution in [0.1, 0.15) is 213 Å². The molecule has 0 spiro atoms. The van der Waals surface area contributed by atoms with E-state index in [2.05, 4.69) is 20.8 Å². The molecule has 7 heteroatoms. The van der Waals surface area contributed by atoms with Crippen molar-refractivity contribution in [1.29, 1.82) is 0 Å². The second-order valence-electron chi connectivity index (χ2n) is 13.1. The van der Waals surface area contributed by atoms with Crippen LogP contribution in [0.3, 0.4) is 0 Å². The van der Waals surface area contributed by atoms with E-state index in [1.54, 1.807) is 18.2 Å². The fourth-order valence-corrected chi connectivity index (χ4v) is 5.27. The Hall–Kier alpha value is -1.05. The van der Waals surface area contributed by atoms with Crippen LogP contribution in [-0.4, -0.2) is 33.2 Å². The van der Waals surface area contributed by atoms with Crippen LogP contribution in [0.2, 0.25) is 0 Å². The van der Waals surface area contributed by atoms with E-state index in [4.69, 9.17) is 15.3 Å². The van der Waals surface area contributed by atoms with Gasteiger partial charge in [-0.05, 0) is 38.5 Å². The van der Waals surface area contributed by atoms with Crippen LogP contribution in [0.4, 0.5) is 0 Å². The smallest absolute Gasteiger partial charge is 0.327 e. The summed E-state index contributed by atoms with van der Waals surface area (Å²) in [6.45, 7) is 6.72. The Morgan fingerprint density at radius 2 is 0.490 bits per heavy atom. The molecular weight excluding hydrogens is 758 g/mol. The number of hydrogen-bond acceptors (Lipinski definition) is 3. The third kappa shape index (κ3) is 65.9. The van der Waals surface area contributed by atoms with E-state index in [0.717, 1.165) is 38.5 Å². The third-order valence-electron chi connectivity index (χ3n) is 8.20. The summed E-state index contributed by atoms with van der Waals surface area (Å²) >= 11 is 0. The van der Waals surface area contributed by atoms with Gasteiger partial charge in [-0.3, -0.25) is 0 Å².